The van der Waals surface area contributed by atoms with Crippen LogP contribution in [0.5, 0.6) is 5.75 Å². The second kappa shape index (κ2) is 10.5. The normalized spacial score (nSPS) is 14.5. The molecule has 172 valence electrons. The van der Waals surface area contributed by atoms with Crippen molar-refractivity contribution in [3.63, 3.8) is 0 Å². The number of carbonyl (C=O) groups excluding carboxylic acids is 3. The first-order chi connectivity index (χ1) is 16.4. The number of ether oxygens (including phenoxy) is 1. The van der Waals surface area contributed by atoms with Crippen LogP contribution < -0.4 is 10.1 Å². The number of thioether (sulfide) groups is 1. The van der Waals surface area contributed by atoms with Crippen molar-refractivity contribution in [1.82, 2.24) is 4.90 Å². The fourth-order valence-electron chi connectivity index (χ4n) is 3.18. The van der Waals surface area contributed by atoms with Gasteiger partial charge < -0.3 is 10.1 Å². The molecular formula is C25H18ClFN2O4S. The second-order valence-electron chi connectivity index (χ2n) is 7.21. The number of benzene rings is 3. The topological polar surface area (TPSA) is 75.7 Å². The standard InChI is InChI=1S/C25H18ClFN2O4S/c26-18-9-3-5-11-20(18)28-23(30)14-29-24(31)22(34-25(29)32)13-16-7-2-6-12-21(16)33-15-17-8-1-4-10-19(17)27/h1-13H,14-15H2,(H,28,30)/b22-13+. The van der Waals surface area contributed by atoms with Gasteiger partial charge in [0, 0.05) is 11.1 Å². The highest BCUT2D eigenvalue weighted by Gasteiger charge is 2.36. The van der Waals surface area contributed by atoms with Crippen molar-refractivity contribution in [3.05, 3.63) is 99.7 Å². The molecule has 3 amide bonds. The third-order valence-corrected chi connectivity index (χ3v) is 6.11. The van der Waals surface area contributed by atoms with Crippen LogP contribution in [0, 0.1) is 5.82 Å². The van der Waals surface area contributed by atoms with Gasteiger partial charge in [-0.15, -0.1) is 0 Å². The molecule has 0 saturated carbocycles. The van der Waals surface area contributed by atoms with E-state index in [1.54, 1.807) is 66.7 Å². The van der Waals surface area contributed by atoms with Crippen molar-refractivity contribution >= 4 is 52.2 Å². The fourth-order valence-corrected chi connectivity index (χ4v) is 4.19. The van der Waals surface area contributed by atoms with E-state index in [1.807, 2.05) is 0 Å². The van der Waals surface area contributed by atoms with E-state index in [1.165, 1.54) is 12.1 Å². The highest BCUT2D eigenvalue weighted by molar-refractivity contribution is 8.18. The zero-order valence-corrected chi connectivity index (χ0v) is 19.2. The van der Waals surface area contributed by atoms with Crippen LogP contribution in [0.1, 0.15) is 11.1 Å². The molecule has 0 aliphatic carbocycles. The maximum atomic E-state index is 13.9. The molecule has 0 spiro atoms. The fraction of sp³-hybridized carbons (Fsp3) is 0.0800. The molecule has 0 radical (unpaired) electrons. The predicted octanol–water partition coefficient (Wildman–Crippen LogP) is 5.73. The number of imide groups is 1. The summed E-state index contributed by atoms with van der Waals surface area (Å²) in [6.07, 6.45) is 1.52. The van der Waals surface area contributed by atoms with Crippen molar-refractivity contribution < 1.29 is 23.5 Å². The monoisotopic (exact) mass is 496 g/mol. The Hall–Kier alpha value is -3.62. The first-order valence-electron chi connectivity index (χ1n) is 10.2. The van der Waals surface area contributed by atoms with E-state index in [0.717, 1.165) is 16.7 Å². The highest BCUT2D eigenvalue weighted by Crippen LogP contribution is 2.34. The van der Waals surface area contributed by atoms with Crippen molar-refractivity contribution in [1.29, 1.82) is 0 Å². The summed E-state index contributed by atoms with van der Waals surface area (Å²) in [5.41, 5.74) is 1.32. The van der Waals surface area contributed by atoms with E-state index in [9.17, 15) is 18.8 Å². The molecular weight excluding hydrogens is 479 g/mol. The van der Waals surface area contributed by atoms with Gasteiger partial charge in [-0.3, -0.25) is 19.3 Å². The summed E-state index contributed by atoms with van der Waals surface area (Å²) >= 11 is 6.77. The van der Waals surface area contributed by atoms with Crippen molar-refractivity contribution in [2.24, 2.45) is 0 Å². The molecule has 0 atom stereocenters. The molecule has 9 heteroatoms. The zero-order valence-electron chi connectivity index (χ0n) is 17.7. The summed E-state index contributed by atoms with van der Waals surface area (Å²) in [5, 5.41) is 2.38. The number of nitrogens with zero attached hydrogens (tertiary/aromatic N) is 1. The van der Waals surface area contributed by atoms with E-state index < -0.39 is 23.6 Å². The summed E-state index contributed by atoms with van der Waals surface area (Å²) in [4.78, 5) is 38.7. The van der Waals surface area contributed by atoms with Crippen LogP contribution in [0.4, 0.5) is 14.9 Å². The molecule has 6 nitrogen and oxygen atoms in total. The number of hydrogen-bond acceptors (Lipinski definition) is 5. The van der Waals surface area contributed by atoms with E-state index in [4.69, 9.17) is 16.3 Å². The van der Waals surface area contributed by atoms with Gasteiger partial charge in [-0.2, -0.15) is 0 Å². The smallest absolute Gasteiger partial charge is 0.294 e. The number of nitrogens with one attached hydrogen (secondary N) is 1. The minimum Gasteiger partial charge on any atom is -0.488 e. The lowest BCUT2D eigenvalue weighted by atomic mass is 10.1. The minimum atomic E-state index is -0.590. The molecule has 1 aliphatic heterocycles. The molecule has 34 heavy (non-hydrogen) atoms. The average Bonchev–Trinajstić information content (AvgIpc) is 3.08. The number of rotatable bonds is 7. The quantitative estimate of drug-likeness (QED) is 0.422. The number of carbonyl (C=O) groups is 3. The van der Waals surface area contributed by atoms with Crippen LogP contribution in [0.25, 0.3) is 6.08 Å². The second-order valence-corrected chi connectivity index (χ2v) is 8.61. The SMILES string of the molecule is O=C(CN1C(=O)S/C(=C/c2ccccc2OCc2ccccc2F)C1=O)Nc1ccccc1Cl. The third-order valence-electron chi connectivity index (χ3n) is 4.87. The number of halogens is 2. The molecule has 3 aromatic rings. The lowest BCUT2D eigenvalue weighted by molar-refractivity contribution is -0.127. The van der Waals surface area contributed by atoms with Crippen LogP contribution in [0.3, 0.4) is 0 Å². The van der Waals surface area contributed by atoms with Crippen LogP contribution >= 0.6 is 23.4 Å². The molecule has 0 unspecified atom stereocenters. The summed E-state index contributed by atoms with van der Waals surface area (Å²) in [6.45, 7) is -0.445. The summed E-state index contributed by atoms with van der Waals surface area (Å²) in [7, 11) is 0. The Morgan fingerprint density at radius 2 is 1.74 bits per heavy atom. The van der Waals surface area contributed by atoms with Gasteiger partial charge in [-0.05, 0) is 42.1 Å². The Labute approximate surface area is 204 Å². The Morgan fingerprint density at radius 3 is 2.53 bits per heavy atom. The molecule has 1 saturated heterocycles. The van der Waals surface area contributed by atoms with Crippen LogP contribution in [0.2, 0.25) is 5.02 Å². The van der Waals surface area contributed by atoms with Crippen LogP contribution in [-0.4, -0.2) is 28.5 Å². The van der Waals surface area contributed by atoms with Gasteiger partial charge >= 0.3 is 0 Å². The van der Waals surface area contributed by atoms with Crippen LogP contribution in [0.15, 0.2) is 77.7 Å². The molecule has 1 N–H and O–H groups in total. The number of amides is 3. The van der Waals surface area contributed by atoms with Gasteiger partial charge in [-0.1, -0.05) is 60.1 Å². The Morgan fingerprint density at radius 1 is 1.03 bits per heavy atom. The summed E-state index contributed by atoms with van der Waals surface area (Å²) in [6, 6.07) is 19.8. The lowest BCUT2D eigenvalue weighted by Crippen LogP contribution is -2.36. The average molecular weight is 497 g/mol. The van der Waals surface area contributed by atoms with Gasteiger partial charge in [0.2, 0.25) is 5.91 Å². The van der Waals surface area contributed by atoms with Crippen LogP contribution in [-0.2, 0) is 16.2 Å². The zero-order chi connectivity index (χ0) is 24.1. The highest BCUT2D eigenvalue weighted by atomic mass is 35.5. The first kappa shape index (κ1) is 23.5. The molecule has 1 heterocycles. The molecule has 4 rings (SSSR count). The van der Waals surface area contributed by atoms with Gasteiger partial charge in [0.1, 0.15) is 24.7 Å². The molecule has 3 aromatic carbocycles. The number of hydrogen-bond donors (Lipinski definition) is 1. The Bertz CT molecular complexity index is 1300. The minimum absolute atomic E-state index is 0.00121. The Kier molecular flexibility index (Phi) is 7.30. The van der Waals surface area contributed by atoms with E-state index in [2.05, 4.69) is 5.32 Å². The van der Waals surface area contributed by atoms with E-state index in [-0.39, 0.29) is 17.3 Å². The predicted molar refractivity (Wildman–Crippen MR) is 130 cm³/mol. The summed E-state index contributed by atoms with van der Waals surface area (Å²) < 4.78 is 19.7. The van der Waals surface area contributed by atoms with E-state index in [0.29, 0.717) is 27.6 Å². The van der Waals surface area contributed by atoms with Crippen molar-refractivity contribution in [3.8, 4) is 5.75 Å². The molecule has 0 aromatic heterocycles. The Balaban J connectivity index is 1.46. The first-order valence-corrected chi connectivity index (χ1v) is 11.4. The maximum absolute atomic E-state index is 13.9. The molecule has 1 aliphatic rings. The molecule has 0 bridgehead atoms. The molecule has 1 fully saturated rings. The number of para-hydroxylation sites is 2. The largest absolute Gasteiger partial charge is 0.488 e. The van der Waals surface area contributed by atoms with Crippen molar-refractivity contribution in [2.75, 3.05) is 11.9 Å². The van der Waals surface area contributed by atoms with Gasteiger partial charge in [-0.25, -0.2) is 4.39 Å². The van der Waals surface area contributed by atoms with E-state index >= 15 is 0 Å². The van der Waals surface area contributed by atoms with Gasteiger partial charge in [0.25, 0.3) is 11.1 Å². The third kappa shape index (κ3) is 5.47. The van der Waals surface area contributed by atoms with Gasteiger partial charge in [0.05, 0.1) is 15.6 Å². The van der Waals surface area contributed by atoms with Gasteiger partial charge in [0.15, 0.2) is 0 Å². The maximum Gasteiger partial charge on any atom is 0.294 e. The lowest BCUT2D eigenvalue weighted by Gasteiger charge is -2.13. The summed E-state index contributed by atoms with van der Waals surface area (Å²) in [5.74, 6) is -1.09. The number of anilines is 1. The van der Waals surface area contributed by atoms with Crippen molar-refractivity contribution in [2.45, 2.75) is 6.61 Å².